The van der Waals surface area contributed by atoms with Crippen LogP contribution in [-0.2, 0) is 9.53 Å². The number of amides is 1. The minimum absolute atomic E-state index is 0.0196. The molecule has 0 aromatic carbocycles. The predicted octanol–water partition coefficient (Wildman–Crippen LogP) is 2.07. The van der Waals surface area contributed by atoms with Crippen LogP contribution in [0, 0.1) is 5.92 Å². The first-order chi connectivity index (χ1) is 17.4. The molecule has 36 heavy (non-hydrogen) atoms. The Morgan fingerprint density at radius 2 is 2.06 bits per heavy atom. The summed E-state index contributed by atoms with van der Waals surface area (Å²) >= 11 is 0. The van der Waals surface area contributed by atoms with E-state index < -0.39 is 12.3 Å². The first-order valence-electron chi connectivity index (χ1n) is 12.7. The Hall–Kier alpha value is -2.99. The zero-order valence-electron chi connectivity index (χ0n) is 20.0. The van der Waals surface area contributed by atoms with E-state index in [2.05, 4.69) is 10.00 Å². The summed E-state index contributed by atoms with van der Waals surface area (Å²) in [7, 11) is 0. The van der Waals surface area contributed by atoms with Crippen LogP contribution in [0.15, 0.2) is 34.9 Å². The molecule has 1 amide bonds. The number of carbonyl (C=O) groups is 1. The molecular formula is C24H31F2N7O3. The quantitative estimate of drug-likeness (QED) is 0.611. The number of aliphatic imine (C=N–C) groups is 1. The molecule has 2 saturated heterocycles. The molecule has 5 aliphatic rings. The molecule has 3 fully saturated rings. The van der Waals surface area contributed by atoms with Crippen LogP contribution in [0.5, 0.6) is 0 Å². The number of likely N-dealkylation sites (tertiary alicyclic amines) is 1. The number of hydrogen-bond donors (Lipinski definition) is 2. The van der Waals surface area contributed by atoms with E-state index in [4.69, 9.17) is 15.5 Å². The number of morpholine rings is 1. The highest BCUT2D eigenvalue weighted by atomic mass is 19.3. The molecule has 6 rings (SSSR count). The molecule has 1 aromatic rings. The van der Waals surface area contributed by atoms with Gasteiger partial charge in [-0.15, -0.1) is 0 Å². The molecule has 12 heteroatoms. The Bertz CT molecular complexity index is 1120. The van der Waals surface area contributed by atoms with Crippen LogP contribution in [0.25, 0.3) is 0 Å². The van der Waals surface area contributed by atoms with E-state index in [1.165, 1.54) is 0 Å². The Morgan fingerprint density at radius 3 is 2.69 bits per heavy atom. The number of nitrogens with two attached hydrogens (primary N) is 1. The second kappa shape index (κ2) is 9.15. The van der Waals surface area contributed by atoms with E-state index in [9.17, 15) is 18.7 Å². The van der Waals surface area contributed by atoms with Crippen molar-refractivity contribution in [3.05, 3.63) is 35.6 Å². The Labute approximate surface area is 207 Å². The molecular weight excluding hydrogens is 472 g/mol. The van der Waals surface area contributed by atoms with Crippen LogP contribution in [-0.4, -0.2) is 75.0 Å². The zero-order valence-corrected chi connectivity index (χ0v) is 20.0. The van der Waals surface area contributed by atoms with Gasteiger partial charge in [0.15, 0.2) is 11.5 Å². The van der Waals surface area contributed by atoms with Crippen LogP contribution in [0.3, 0.4) is 0 Å². The number of aromatic nitrogens is 2. The number of halogens is 2. The number of hydrazine groups is 1. The summed E-state index contributed by atoms with van der Waals surface area (Å²) in [4.78, 5) is 19.3. The number of nitrogens with zero attached hydrogens (tertiary/aromatic N) is 6. The van der Waals surface area contributed by atoms with E-state index in [-0.39, 0.29) is 48.3 Å². The number of rotatable bonds is 6. The van der Waals surface area contributed by atoms with Crippen LogP contribution in [0.1, 0.15) is 56.7 Å². The number of amidine groups is 1. The van der Waals surface area contributed by atoms with Gasteiger partial charge >= 0.3 is 0 Å². The average Bonchev–Trinajstić information content (AvgIpc) is 3.66. The molecule has 1 saturated carbocycles. The Kier molecular flexibility index (Phi) is 5.95. The third-order valence-corrected chi connectivity index (χ3v) is 8.08. The second-order valence-corrected chi connectivity index (χ2v) is 10.2. The average molecular weight is 504 g/mol. The molecule has 0 radical (unpaired) electrons. The van der Waals surface area contributed by atoms with Gasteiger partial charge in [-0.3, -0.25) is 14.5 Å². The van der Waals surface area contributed by atoms with Crippen molar-refractivity contribution in [2.24, 2.45) is 16.6 Å². The molecule has 194 valence electrons. The lowest BCUT2D eigenvalue weighted by Crippen LogP contribution is -2.43. The lowest BCUT2D eigenvalue weighted by atomic mass is 9.84. The van der Waals surface area contributed by atoms with Gasteiger partial charge in [-0.1, -0.05) is 0 Å². The lowest BCUT2D eigenvalue weighted by Gasteiger charge is -2.34. The molecule has 3 N–H and O–H groups in total. The highest BCUT2D eigenvalue weighted by Gasteiger charge is 2.43. The number of aliphatic hydroxyl groups is 1. The highest BCUT2D eigenvalue weighted by Crippen LogP contribution is 2.40. The molecule has 1 aromatic heterocycles. The summed E-state index contributed by atoms with van der Waals surface area (Å²) in [5.74, 6) is 0.917. The number of hydrogen-bond acceptors (Lipinski definition) is 8. The molecule has 4 aliphatic heterocycles. The molecule has 0 spiro atoms. The molecule has 5 heterocycles. The van der Waals surface area contributed by atoms with Gasteiger partial charge in [-0.25, -0.2) is 18.8 Å². The summed E-state index contributed by atoms with van der Waals surface area (Å²) in [6.07, 6.45) is 7.90. The zero-order chi connectivity index (χ0) is 25.0. The van der Waals surface area contributed by atoms with Crippen LogP contribution >= 0.6 is 0 Å². The topological polar surface area (TPSA) is 112 Å². The number of primary amides is 1. The Morgan fingerprint density at radius 1 is 1.25 bits per heavy atom. The summed E-state index contributed by atoms with van der Waals surface area (Å²) in [6.45, 7) is 1.59. The fraction of sp³-hybridized carbons (Fsp3) is 0.625. The number of ether oxygens (including phenoxy) is 1. The van der Waals surface area contributed by atoms with Gasteiger partial charge in [-0.05, 0) is 50.5 Å². The van der Waals surface area contributed by atoms with Crippen molar-refractivity contribution in [2.45, 2.75) is 63.1 Å². The molecule has 2 bridgehead atoms. The fourth-order valence-corrected chi connectivity index (χ4v) is 6.15. The molecule has 0 unspecified atom stereocenters. The summed E-state index contributed by atoms with van der Waals surface area (Å²) in [5.41, 5.74) is 5.89. The van der Waals surface area contributed by atoms with E-state index in [0.717, 1.165) is 50.9 Å². The lowest BCUT2D eigenvalue weighted by molar-refractivity contribution is -0.114. The second-order valence-electron chi connectivity index (χ2n) is 10.2. The van der Waals surface area contributed by atoms with Gasteiger partial charge < -0.3 is 20.5 Å². The number of alkyl halides is 2. The van der Waals surface area contributed by atoms with Crippen molar-refractivity contribution in [1.29, 1.82) is 0 Å². The normalized spacial score (nSPS) is 29.6. The number of fused-ring (bicyclic) bond motifs is 3. The number of anilines is 1. The highest BCUT2D eigenvalue weighted by molar-refractivity contribution is 5.99. The maximum Gasteiger partial charge on any atom is 0.284 e. The Balaban J connectivity index is 1.27. The standard InChI is InChI=1S/C24H31F2N7O3/c25-22(26)21-19(12-31(29-21)15-3-1-14(2-4-15)6-8-34)33-11-18(23(27)35)24-28-20(5-7-32(24)33)30-10-17-9-16(30)13-36-17/h5,7,12,14-17,22,34H,1-4,6,8-11,13H2,(H2,27,35)/t14?,15?,16-,17-/m1/s1. The van der Waals surface area contributed by atoms with Crippen molar-refractivity contribution < 1.29 is 23.4 Å². The maximum atomic E-state index is 14.1. The van der Waals surface area contributed by atoms with Crippen molar-refractivity contribution in [3.8, 4) is 0 Å². The summed E-state index contributed by atoms with van der Waals surface area (Å²) < 4.78 is 35.6. The monoisotopic (exact) mass is 503 g/mol. The maximum absolute atomic E-state index is 14.1. The number of aliphatic hydroxyl groups excluding tert-OH is 1. The van der Waals surface area contributed by atoms with E-state index in [1.54, 1.807) is 27.1 Å². The molecule has 10 nitrogen and oxygen atoms in total. The van der Waals surface area contributed by atoms with E-state index in [0.29, 0.717) is 18.3 Å². The van der Waals surface area contributed by atoms with Gasteiger partial charge in [0, 0.05) is 19.4 Å². The van der Waals surface area contributed by atoms with Crippen LogP contribution in [0.2, 0.25) is 0 Å². The first kappa shape index (κ1) is 23.4. The largest absolute Gasteiger partial charge is 0.396 e. The van der Waals surface area contributed by atoms with Crippen molar-refractivity contribution in [2.75, 3.05) is 31.3 Å². The van der Waals surface area contributed by atoms with E-state index in [1.807, 2.05) is 6.08 Å². The SMILES string of the molecule is NC(=O)C1=C2N=C(N3C[C@H]4C[C@@H]3CO4)C=CN2N(c2cn(C3CCC(CCO)CC3)nc2C(F)F)C1. The smallest absolute Gasteiger partial charge is 0.284 e. The van der Waals surface area contributed by atoms with Crippen molar-refractivity contribution >= 4 is 17.4 Å². The fourth-order valence-electron chi connectivity index (χ4n) is 6.15. The molecule has 2 atom stereocenters. The van der Waals surface area contributed by atoms with E-state index >= 15 is 0 Å². The van der Waals surface area contributed by atoms with Gasteiger partial charge in [-0.2, -0.15) is 5.10 Å². The van der Waals surface area contributed by atoms with Crippen LogP contribution < -0.4 is 10.7 Å². The molecule has 1 aliphatic carbocycles. The third-order valence-electron chi connectivity index (χ3n) is 8.08. The first-order valence-corrected chi connectivity index (χ1v) is 12.7. The van der Waals surface area contributed by atoms with Gasteiger partial charge in [0.1, 0.15) is 11.5 Å². The predicted molar refractivity (Wildman–Crippen MR) is 127 cm³/mol. The van der Waals surface area contributed by atoms with Crippen LogP contribution in [0.4, 0.5) is 14.5 Å². The summed E-state index contributed by atoms with van der Waals surface area (Å²) in [5, 5.41) is 16.7. The van der Waals surface area contributed by atoms with Gasteiger partial charge in [0.2, 0.25) is 5.91 Å². The minimum Gasteiger partial charge on any atom is -0.396 e. The van der Waals surface area contributed by atoms with Crippen molar-refractivity contribution in [1.82, 2.24) is 19.7 Å². The summed E-state index contributed by atoms with van der Waals surface area (Å²) in [6, 6.07) is 0.266. The minimum atomic E-state index is -2.78. The third kappa shape index (κ3) is 3.96. The van der Waals surface area contributed by atoms with Crippen molar-refractivity contribution in [3.63, 3.8) is 0 Å². The van der Waals surface area contributed by atoms with Gasteiger partial charge in [0.25, 0.3) is 6.43 Å². The van der Waals surface area contributed by atoms with Gasteiger partial charge in [0.05, 0.1) is 43.1 Å². The number of carbonyl (C=O) groups excluding carboxylic acids is 1.